The van der Waals surface area contributed by atoms with Gasteiger partial charge in [0, 0.05) is 37.7 Å². The maximum Gasteiger partial charge on any atom is 0.325 e. The number of likely N-dealkylation sites (tertiary alicyclic amines) is 1. The van der Waals surface area contributed by atoms with Crippen LogP contribution in [-0.4, -0.2) is 63.0 Å². The van der Waals surface area contributed by atoms with Gasteiger partial charge in [0.25, 0.3) is 11.8 Å². The Hall–Kier alpha value is -3.23. The molecule has 2 aliphatic heterocycles. The van der Waals surface area contributed by atoms with Crippen molar-refractivity contribution in [1.82, 2.24) is 25.3 Å². The molecule has 3 aliphatic rings. The number of carbonyl (C=O) groups excluding carboxylic acids is 3. The molecule has 35 heavy (non-hydrogen) atoms. The maximum absolute atomic E-state index is 14.0. The lowest BCUT2D eigenvalue weighted by molar-refractivity contribution is -0.134. The Balaban J connectivity index is 1.35. The zero-order chi connectivity index (χ0) is 24.7. The van der Waals surface area contributed by atoms with Crippen LogP contribution in [0.5, 0.6) is 0 Å². The Morgan fingerprint density at radius 2 is 1.91 bits per heavy atom. The van der Waals surface area contributed by atoms with Crippen molar-refractivity contribution in [3.63, 3.8) is 0 Å². The highest BCUT2D eigenvalue weighted by atomic mass is 19.1. The van der Waals surface area contributed by atoms with Gasteiger partial charge in [-0.05, 0) is 61.3 Å². The number of halogens is 1. The van der Waals surface area contributed by atoms with Gasteiger partial charge < -0.3 is 10.2 Å². The Kier molecular flexibility index (Phi) is 6.11. The van der Waals surface area contributed by atoms with Crippen molar-refractivity contribution in [1.29, 1.82) is 0 Å². The lowest BCUT2D eigenvalue weighted by Gasteiger charge is -2.41. The first kappa shape index (κ1) is 23.5. The zero-order valence-electron chi connectivity index (χ0n) is 20.2. The summed E-state index contributed by atoms with van der Waals surface area (Å²) in [4.78, 5) is 42.7. The third-order valence-corrected chi connectivity index (χ3v) is 7.43. The standard InChI is InChI=1S/C26H32FN5O3/c1-16(2)15-32-24(34)26(28-25(32)35,14-17-4-3-5-20(27)12-17)19-8-10-31(11-9-19)23(33)22-13-21(29-30-22)18-6-7-18/h3-5,12-13,16,18-19H,6-11,14-15H2,1-2H3,(H,28,35)(H,29,30). The molecule has 1 aromatic carbocycles. The summed E-state index contributed by atoms with van der Waals surface area (Å²) in [7, 11) is 0. The van der Waals surface area contributed by atoms with Crippen molar-refractivity contribution < 1.29 is 18.8 Å². The fraction of sp³-hybridized carbons (Fsp3) is 0.538. The molecule has 4 amide bonds. The molecule has 1 aliphatic carbocycles. The summed E-state index contributed by atoms with van der Waals surface area (Å²) in [5.41, 5.74) is 0.947. The molecule has 0 radical (unpaired) electrons. The predicted molar refractivity (Wildman–Crippen MR) is 127 cm³/mol. The number of benzene rings is 1. The van der Waals surface area contributed by atoms with E-state index in [-0.39, 0.29) is 35.9 Å². The molecule has 1 saturated carbocycles. The minimum Gasteiger partial charge on any atom is -0.337 e. The second-order valence-corrected chi connectivity index (χ2v) is 10.6. The number of nitrogens with one attached hydrogen (secondary N) is 2. The Morgan fingerprint density at radius 3 is 2.57 bits per heavy atom. The van der Waals surface area contributed by atoms with Crippen molar-refractivity contribution in [2.45, 2.75) is 57.4 Å². The van der Waals surface area contributed by atoms with Gasteiger partial charge in [-0.15, -0.1) is 0 Å². The number of nitrogens with zero attached hydrogens (tertiary/aromatic N) is 3. The van der Waals surface area contributed by atoms with Crippen LogP contribution in [0, 0.1) is 17.7 Å². The van der Waals surface area contributed by atoms with Crippen molar-refractivity contribution in [3.05, 3.63) is 53.1 Å². The Morgan fingerprint density at radius 1 is 1.17 bits per heavy atom. The van der Waals surface area contributed by atoms with Crippen molar-refractivity contribution in [2.24, 2.45) is 11.8 Å². The highest BCUT2D eigenvalue weighted by Crippen LogP contribution is 2.40. The van der Waals surface area contributed by atoms with Crippen LogP contribution in [0.2, 0.25) is 0 Å². The topological polar surface area (TPSA) is 98.4 Å². The number of aromatic amines is 1. The first-order valence-electron chi connectivity index (χ1n) is 12.5. The summed E-state index contributed by atoms with van der Waals surface area (Å²) >= 11 is 0. The normalized spacial score (nSPS) is 23.3. The molecule has 1 aromatic heterocycles. The third-order valence-electron chi connectivity index (χ3n) is 7.43. The second-order valence-electron chi connectivity index (χ2n) is 10.6. The molecule has 0 spiro atoms. The third kappa shape index (κ3) is 4.56. The smallest absolute Gasteiger partial charge is 0.325 e. The van der Waals surface area contributed by atoms with Crippen LogP contribution in [0.3, 0.4) is 0 Å². The van der Waals surface area contributed by atoms with Gasteiger partial charge >= 0.3 is 6.03 Å². The van der Waals surface area contributed by atoms with Crippen LogP contribution in [0.25, 0.3) is 0 Å². The summed E-state index contributed by atoms with van der Waals surface area (Å²) in [6.07, 6.45) is 3.59. The number of aromatic nitrogens is 2. The van der Waals surface area contributed by atoms with Gasteiger partial charge in [0.1, 0.15) is 17.1 Å². The monoisotopic (exact) mass is 481 g/mol. The van der Waals surface area contributed by atoms with Crippen molar-refractivity contribution in [2.75, 3.05) is 19.6 Å². The predicted octanol–water partition coefficient (Wildman–Crippen LogP) is 3.47. The summed E-state index contributed by atoms with van der Waals surface area (Å²) in [6.45, 7) is 5.18. The maximum atomic E-state index is 14.0. The van der Waals surface area contributed by atoms with E-state index in [2.05, 4.69) is 15.5 Å². The first-order valence-corrected chi connectivity index (χ1v) is 12.5. The van der Waals surface area contributed by atoms with Gasteiger partial charge in [-0.25, -0.2) is 9.18 Å². The lowest BCUT2D eigenvalue weighted by atomic mass is 9.73. The van der Waals surface area contributed by atoms with E-state index in [0.717, 1.165) is 18.5 Å². The number of rotatable bonds is 7. The van der Waals surface area contributed by atoms with Crippen LogP contribution in [0.15, 0.2) is 30.3 Å². The Labute approximate surface area is 204 Å². The minimum atomic E-state index is -1.15. The molecular weight excluding hydrogens is 449 g/mol. The zero-order valence-corrected chi connectivity index (χ0v) is 20.2. The van der Waals surface area contributed by atoms with E-state index in [0.29, 0.717) is 49.7 Å². The summed E-state index contributed by atoms with van der Waals surface area (Å²) in [5, 5.41) is 10.2. The number of amides is 4. The molecule has 3 fully saturated rings. The average molecular weight is 482 g/mol. The fourth-order valence-corrected chi connectivity index (χ4v) is 5.47. The number of hydrogen-bond acceptors (Lipinski definition) is 4. The minimum absolute atomic E-state index is 0.117. The molecule has 2 N–H and O–H groups in total. The first-order chi connectivity index (χ1) is 16.8. The highest BCUT2D eigenvalue weighted by Gasteiger charge is 2.56. The van der Waals surface area contributed by atoms with Crippen molar-refractivity contribution >= 4 is 17.8 Å². The molecule has 9 heteroatoms. The molecule has 2 saturated heterocycles. The molecular formula is C26H32FN5O3. The molecule has 186 valence electrons. The summed E-state index contributed by atoms with van der Waals surface area (Å²) in [5.74, 6) is -0.310. The fourth-order valence-electron chi connectivity index (χ4n) is 5.47. The SMILES string of the molecule is CC(C)CN1C(=O)NC(Cc2cccc(F)c2)(C2CCN(C(=O)c3cc(C4CC4)[nH]n3)CC2)C1=O. The van der Waals surface area contributed by atoms with Gasteiger partial charge in [-0.2, -0.15) is 5.10 Å². The molecule has 1 atom stereocenters. The largest absolute Gasteiger partial charge is 0.337 e. The average Bonchev–Trinajstić information content (AvgIpc) is 3.52. The van der Waals surface area contributed by atoms with E-state index in [4.69, 9.17) is 0 Å². The van der Waals surface area contributed by atoms with E-state index in [1.54, 1.807) is 17.0 Å². The van der Waals surface area contributed by atoms with Crippen molar-refractivity contribution in [3.8, 4) is 0 Å². The van der Waals surface area contributed by atoms with E-state index in [1.807, 2.05) is 19.9 Å². The van der Waals surface area contributed by atoms with Crippen LogP contribution < -0.4 is 5.32 Å². The van der Waals surface area contributed by atoms with Crippen LogP contribution in [0.1, 0.15) is 67.2 Å². The number of imide groups is 1. The number of carbonyl (C=O) groups is 3. The molecule has 0 bridgehead atoms. The van der Waals surface area contributed by atoms with Gasteiger partial charge in [0.15, 0.2) is 0 Å². The molecule has 5 rings (SSSR count). The number of H-pyrrole nitrogens is 1. The van der Waals surface area contributed by atoms with Crippen LogP contribution in [0.4, 0.5) is 9.18 Å². The lowest BCUT2D eigenvalue weighted by Crippen LogP contribution is -2.58. The Bertz CT molecular complexity index is 1140. The van der Waals surface area contributed by atoms with E-state index >= 15 is 0 Å². The van der Waals surface area contributed by atoms with E-state index in [9.17, 15) is 18.8 Å². The number of hydrogen-bond donors (Lipinski definition) is 2. The van der Waals surface area contributed by atoms with E-state index < -0.39 is 11.6 Å². The summed E-state index contributed by atoms with van der Waals surface area (Å²) in [6, 6.07) is 7.63. The second kappa shape index (κ2) is 9.09. The summed E-state index contributed by atoms with van der Waals surface area (Å²) < 4.78 is 14.0. The van der Waals surface area contributed by atoms with Gasteiger partial charge in [-0.1, -0.05) is 26.0 Å². The molecule has 3 heterocycles. The van der Waals surface area contributed by atoms with Gasteiger partial charge in [-0.3, -0.25) is 19.6 Å². The van der Waals surface area contributed by atoms with Crippen LogP contribution >= 0.6 is 0 Å². The van der Waals surface area contributed by atoms with Crippen LogP contribution in [-0.2, 0) is 11.2 Å². The number of urea groups is 1. The van der Waals surface area contributed by atoms with E-state index in [1.165, 1.54) is 17.0 Å². The van der Waals surface area contributed by atoms with Gasteiger partial charge in [0.2, 0.25) is 0 Å². The molecule has 8 nitrogen and oxygen atoms in total. The number of piperidine rings is 1. The molecule has 1 unspecified atom stereocenters. The van der Waals surface area contributed by atoms with Gasteiger partial charge in [0.05, 0.1) is 0 Å². The quantitative estimate of drug-likeness (QED) is 0.592. The molecule has 2 aromatic rings. The highest BCUT2D eigenvalue weighted by molar-refractivity contribution is 6.07.